The van der Waals surface area contributed by atoms with Crippen molar-refractivity contribution in [2.75, 3.05) is 18.1 Å². The van der Waals surface area contributed by atoms with Gasteiger partial charge in [0.25, 0.3) is 5.69 Å². The van der Waals surface area contributed by atoms with Gasteiger partial charge in [-0.25, -0.2) is 4.98 Å². The molecular weight excluding hydrogens is 326 g/mol. The van der Waals surface area contributed by atoms with Crippen LogP contribution in [0.3, 0.4) is 0 Å². The summed E-state index contributed by atoms with van der Waals surface area (Å²) in [5.41, 5.74) is 0.00841. The van der Waals surface area contributed by atoms with Crippen molar-refractivity contribution in [1.29, 1.82) is 0 Å². The van der Waals surface area contributed by atoms with E-state index in [9.17, 15) is 10.1 Å². The van der Waals surface area contributed by atoms with Crippen molar-refractivity contribution >= 4 is 27.4 Å². The molecule has 2 unspecified atom stereocenters. The van der Waals surface area contributed by atoms with Crippen LogP contribution in [0.2, 0.25) is 0 Å². The average Bonchev–Trinajstić information content (AvgIpc) is 2.46. The second-order valence-electron chi connectivity index (χ2n) is 5.21. The zero-order valence-electron chi connectivity index (χ0n) is 11.0. The van der Waals surface area contributed by atoms with E-state index in [0.717, 1.165) is 25.2 Å². The fourth-order valence-electron chi connectivity index (χ4n) is 3.09. The monoisotopic (exact) mass is 341 g/mol. The number of fused-ring (bicyclic) bond motifs is 1. The van der Waals surface area contributed by atoms with Crippen LogP contribution in [0.15, 0.2) is 16.7 Å². The summed E-state index contributed by atoms with van der Waals surface area (Å²) in [5, 5.41) is 10.8. The number of rotatable bonds is 2. The van der Waals surface area contributed by atoms with Crippen molar-refractivity contribution in [1.82, 2.24) is 4.98 Å². The Morgan fingerprint density at radius 3 is 3.00 bits per heavy atom. The normalized spacial score (nSPS) is 26.1. The smallest absolute Gasteiger partial charge is 0.288 e. The van der Waals surface area contributed by atoms with Crippen molar-refractivity contribution in [3.63, 3.8) is 0 Å². The van der Waals surface area contributed by atoms with Gasteiger partial charge in [0, 0.05) is 12.6 Å². The van der Waals surface area contributed by atoms with Gasteiger partial charge in [-0.05, 0) is 28.8 Å². The van der Waals surface area contributed by atoms with E-state index < -0.39 is 4.92 Å². The van der Waals surface area contributed by atoms with Gasteiger partial charge in [-0.1, -0.05) is 12.8 Å². The maximum absolute atomic E-state index is 10.8. The van der Waals surface area contributed by atoms with Crippen LogP contribution < -0.4 is 4.90 Å². The molecular formula is C13H16BrN3O3. The number of anilines is 1. The second kappa shape index (κ2) is 5.65. The minimum atomic E-state index is -0.426. The molecule has 2 atom stereocenters. The molecule has 2 heterocycles. The number of halogens is 1. The highest BCUT2D eigenvalue weighted by Crippen LogP contribution is 2.35. The predicted molar refractivity (Wildman–Crippen MR) is 77.9 cm³/mol. The van der Waals surface area contributed by atoms with Crippen molar-refractivity contribution in [2.24, 2.45) is 0 Å². The van der Waals surface area contributed by atoms with Gasteiger partial charge in [0.05, 0.1) is 28.1 Å². The van der Waals surface area contributed by atoms with Gasteiger partial charge in [-0.15, -0.1) is 0 Å². The summed E-state index contributed by atoms with van der Waals surface area (Å²) >= 11 is 3.42. The van der Waals surface area contributed by atoms with E-state index in [1.807, 2.05) is 0 Å². The first kappa shape index (κ1) is 13.8. The van der Waals surface area contributed by atoms with Gasteiger partial charge in [-0.2, -0.15) is 0 Å². The Balaban J connectivity index is 1.89. The van der Waals surface area contributed by atoms with E-state index >= 15 is 0 Å². The molecule has 1 saturated heterocycles. The lowest BCUT2D eigenvalue weighted by Crippen LogP contribution is -2.53. The SMILES string of the molecule is O=[N+]([O-])c1cnc(N2CCOC3CCCCC32)c(Br)c1. The molecule has 108 valence electrons. The Kier molecular flexibility index (Phi) is 3.89. The summed E-state index contributed by atoms with van der Waals surface area (Å²) in [6.45, 7) is 1.47. The number of morpholine rings is 1. The number of aromatic nitrogens is 1. The Hall–Kier alpha value is -1.21. The molecule has 0 spiro atoms. The molecule has 0 N–H and O–H groups in total. The first-order valence-electron chi connectivity index (χ1n) is 6.85. The fourth-order valence-corrected chi connectivity index (χ4v) is 3.66. The van der Waals surface area contributed by atoms with Gasteiger partial charge in [0.2, 0.25) is 0 Å². The van der Waals surface area contributed by atoms with Gasteiger partial charge in [0.15, 0.2) is 0 Å². The highest BCUT2D eigenvalue weighted by atomic mass is 79.9. The van der Waals surface area contributed by atoms with Crippen LogP contribution in [0.5, 0.6) is 0 Å². The third-order valence-electron chi connectivity index (χ3n) is 4.02. The molecule has 3 rings (SSSR count). The maximum Gasteiger partial charge on any atom is 0.288 e. The molecule has 0 radical (unpaired) electrons. The van der Waals surface area contributed by atoms with Gasteiger partial charge in [0.1, 0.15) is 12.0 Å². The summed E-state index contributed by atoms with van der Waals surface area (Å²) < 4.78 is 6.52. The van der Waals surface area contributed by atoms with E-state index in [-0.39, 0.29) is 11.8 Å². The third-order valence-corrected chi connectivity index (χ3v) is 4.61. The second-order valence-corrected chi connectivity index (χ2v) is 6.06. The molecule has 1 aliphatic heterocycles. The molecule has 1 aromatic heterocycles. The van der Waals surface area contributed by atoms with Crippen molar-refractivity contribution < 1.29 is 9.66 Å². The van der Waals surface area contributed by atoms with Gasteiger partial charge < -0.3 is 9.64 Å². The molecule has 2 aliphatic rings. The van der Waals surface area contributed by atoms with Crippen molar-refractivity contribution in [3.05, 3.63) is 26.9 Å². The van der Waals surface area contributed by atoms with E-state index in [2.05, 4.69) is 25.8 Å². The standard InChI is InChI=1S/C13H16BrN3O3/c14-10-7-9(17(18)19)8-15-13(10)16-5-6-20-12-4-2-1-3-11(12)16/h7-8,11-12H,1-6H2. The Bertz CT molecular complexity index is 524. The molecule has 0 amide bonds. The molecule has 0 bridgehead atoms. The zero-order chi connectivity index (χ0) is 14.1. The lowest BCUT2D eigenvalue weighted by Gasteiger charge is -2.44. The summed E-state index contributed by atoms with van der Waals surface area (Å²) in [6.07, 6.45) is 6.19. The molecule has 7 heteroatoms. The first-order valence-corrected chi connectivity index (χ1v) is 7.64. The number of hydrogen-bond acceptors (Lipinski definition) is 5. The van der Waals surface area contributed by atoms with Crippen LogP contribution in [0.4, 0.5) is 11.5 Å². The highest BCUT2D eigenvalue weighted by molar-refractivity contribution is 9.10. The number of ether oxygens (including phenoxy) is 1. The summed E-state index contributed by atoms with van der Waals surface area (Å²) in [4.78, 5) is 16.9. The van der Waals surface area contributed by atoms with E-state index in [1.165, 1.54) is 25.1 Å². The van der Waals surface area contributed by atoms with Crippen LogP contribution >= 0.6 is 15.9 Å². The number of pyridine rings is 1. The van der Waals surface area contributed by atoms with Gasteiger partial charge >= 0.3 is 0 Å². The van der Waals surface area contributed by atoms with Gasteiger partial charge in [-0.3, -0.25) is 10.1 Å². The third kappa shape index (κ3) is 2.52. The molecule has 1 aliphatic carbocycles. The number of nitro groups is 1. The highest BCUT2D eigenvalue weighted by Gasteiger charge is 2.35. The Morgan fingerprint density at radius 2 is 2.25 bits per heavy atom. The van der Waals surface area contributed by atoms with Crippen LogP contribution in [0.25, 0.3) is 0 Å². The minimum Gasteiger partial charge on any atom is -0.374 e. The van der Waals surface area contributed by atoms with E-state index in [4.69, 9.17) is 4.74 Å². The largest absolute Gasteiger partial charge is 0.374 e. The molecule has 2 fully saturated rings. The summed E-state index contributed by atoms with van der Waals surface area (Å²) in [5.74, 6) is 0.788. The predicted octanol–water partition coefficient (Wildman–Crippen LogP) is 2.90. The number of hydrogen-bond donors (Lipinski definition) is 0. The van der Waals surface area contributed by atoms with Crippen molar-refractivity contribution in [3.8, 4) is 0 Å². The van der Waals surface area contributed by atoms with Crippen LogP contribution in [0.1, 0.15) is 25.7 Å². The molecule has 1 aromatic rings. The Morgan fingerprint density at radius 1 is 1.45 bits per heavy atom. The average molecular weight is 342 g/mol. The van der Waals surface area contributed by atoms with E-state index in [1.54, 1.807) is 0 Å². The van der Waals surface area contributed by atoms with Crippen LogP contribution in [0, 0.1) is 10.1 Å². The lowest BCUT2D eigenvalue weighted by atomic mass is 9.90. The summed E-state index contributed by atoms with van der Waals surface area (Å²) in [7, 11) is 0. The molecule has 20 heavy (non-hydrogen) atoms. The summed E-state index contributed by atoms with van der Waals surface area (Å²) in [6, 6.07) is 1.86. The number of nitrogens with zero attached hydrogens (tertiary/aromatic N) is 3. The molecule has 6 nitrogen and oxygen atoms in total. The first-order chi connectivity index (χ1) is 9.66. The topological polar surface area (TPSA) is 68.5 Å². The minimum absolute atomic E-state index is 0.00841. The van der Waals surface area contributed by atoms with E-state index in [0.29, 0.717) is 17.1 Å². The molecule has 1 saturated carbocycles. The fraction of sp³-hybridized carbons (Fsp3) is 0.615. The Labute approximate surface area is 125 Å². The van der Waals surface area contributed by atoms with Crippen LogP contribution in [-0.4, -0.2) is 35.2 Å². The lowest BCUT2D eigenvalue weighted by molar-refractivity contribution is -0.385. The van der Waals surface area contributed by atoms with Crippen LogP contribution in [-0.2, 0) is 4.74 Å². The molecule has 0 aromatic carbocycles. The zero-order valence-corrected chi connectivity index (χ0v) is 12.6. The quantitative estimate of drug-likeness (QED) is 0.611. The van der Waals surface area contributed by atoms with Crippen molar-refractivity contribution in [2.45, 2.75) is 37.8 Å². The maximum atomic E-state index is 10.8.